The molecule has 0 saturated heterocycles. The van der Waals surface area contributed by atoms with Crippen molar-refractivity contribution in [2.45, 2.75) is 26.3 Å². The van der Waals surface area contributed by atoms with Gasteiger partial charge in [-0.15, -0.1) is 0 Å². The summed E-state index contributed by atoms with van der Waals surface area (Å²) in [6, 6.07) is 15.5. The van der Waals surface area contributed by atoms with E-state index in [4.69, 9.17) is 11.6 Å². The standard InChI is InChI=1S/C21H22ClN3O/c1-16-23-13-14-25(16)15-17-8-10-19(11-9-17)21(26)24-12-4-6-18-5-2-3-7-20(18)22/h2-3,5,7-11,13-14H,4,6,12,15H2,1H3,(H,24,26). The number of aryl methyl sites for hydroxylation is 2. The number of nitrogens with zero attached hydrogens (tertiary/aromatic N) is 2. The summed E-state index contributed by atoms with van der Waals surface area (Å²) < 4.78 is 2.07. The van der Waals surface area contributed by atoms with Crippen LogP contribution in [0.15, 0.2) is 60.9 Å². The Hall–Kier alpha value is -2.59. The summed E-state index contributed by atoms with van der Waals surface area (Å²) in [4.78, 5) is 16.5. The van der Waals surface area contributed by atoms with Crippen molar-refractivity contribution in [1.82, 2.24) is 14.9 Å². The first-order valence-electron chi connectivity index (χ1n) is 8.72. The monoisotopic (exact) mass is 367 g/mol. The van der Waals surface area contributed by atoms with Crippen LogP contribution in [0.25, 0.3) is 0 Å². The number of rotatable bonds is 7. The van der Waals surface area contributed by atoms with Crippen LogP contribution in [-0.2, 0) is 13.0 Å². The van der Waals surface area contributed by atoms with Gasteiger partial charge in [0.1, 0.15) is 5.82 Å². The number of imidazole rings is 1. The molecule has 1 amide bonds. The van der Waals surface area contributed by atoms with Crippen molar-refractivity contribution >= 4 is 17.5 Å². The van der Waals surface area contributed by atoms with Gasteiger partial charge in [-0.05, 0) is 49.1 Å². The molecule has 0 aliphatic heterocycles. The molecule has 26 heavy (non-hydrogen) atoms. The second-order valence-electron chi connectivity index (χ2n) is 6.25. The Labute approximate surface area is 158 Å². The molecule has 0 aliphatic carbocycles. The first-order valence-corrected chi connectivity index (χ1v) is 9.09. The molecule has 4 nitrogen and oxygen atoms in total. The quantitative estimate of drug-likeness (QED) is 0.634. The fourth-order valence-electron chi connectivity index (χ4n) is 2.81. The highest BCUT2D eigenvalue weighted by molar-refractivity contribution is 6.31. The Balaban J connectivity index is 1.47. The molecule has 5 heteroatoms. The van der Waals surface area contributed by atoms with Gasteiger partial charge in [0.15, 0.2) is 0 Å². The van der Waals surface area contributed by atoms with Gasteiger partial charge in [0, 0.05) is 36.1 Å². The molecule has 0 aliphatic rings. The van der Waals surface area contributed by atoms with Gasteiger partial charge in [-0.2, -0.15) is 0 Å². The molecule has 0 spiro atoms. The maximum Gasteiger partial charge on any atom is 0.251 e. The summed E-state index contributed by atoms with van der Waals surface area (Å²) in [5.74, 6) is 0.930. The minimum atomic E-state index is -0.0467. The second kappa shape index (κ2) is 8.68. The van der Waals surface area contributed by atoms with E-state index in [-0.39, 0.29) is 5.91 Å². The van der Waals surface area contributed by atoms with Crippen LogP contribution >= 0.6 is 11.6 Å². The Morgan fingerprint density at radius 2 is 1.92 bits per heavy atom. The van der Waals surface area contributed by atoms with Crippen LogP contribution in [0, 0.1) is 6.92 Å². The van der Waals surface area contributed by atoms with Gasteiger partial charge in [0.05, 0.1) is 0 Å². The van der Waals surface area contributed by atoms with Crippen LogP contribution in [0.1, 0.15) is 33.7 Å². The van der Waals surface area contributed by atoms with Crippen molar-refractivity contribution in [3.63, 3.8) is 0 Å². The zero-order valence-corrected chi connectivity index (χ0v) is 15.5. The topological polar surface area (TPSA) is 46.9 Å². The van der Waals surface area contributed by atoms with E-state index in [1.807, 2.05) is 61.7 Å². The van der Waals surface area contributed by atoms with E-state index in [2.05, 4.69) is 14.9 Å². The summed E-state index contributed by atoms with van der Waals surface area (Å²) in [5.41, 5.74) is 2.93. The Morgan fingerprint density at radius 3 is 2.62 bits per heavy atom. The number of carbonyl (C=O) groups is 1. The Morgan fingerprint density at radius 1 is 1.15 bits per heavy atom. The van der Waals surface area contributed by atoms with E-state index in [1.165, 1.54) is 0 Å². The van der Waals surface area contributed by atoms with Gasteiger partial charge in [0.2, 0.25) is 0 Å². The summed E-state index contributed by atoms with van der Waals surface area (Å²) in [7, 11) is 0. The third-order valence-electron chi connectivity index (χ3n) is 4.36. The predicted octanol–water partition coefficient (Wildman–Crippen LogP) is 4.26. The molecule has 0 atom stereocenters. The van der Waals surface area contributed by atoms with Crippen LogP contribution in [0.4, 0.5) is 0 Å². The van der Waals surface area contributed by atoms with Crippen LogP contribution in [0.3, 0.4) is 0 Å². The number of nitrogens with one attached hydrogen (secondary N) is 1. The van der Waals surface area contributed by atoms with Crippen molar-refractivity contribution < 1.29 is 4.79 Å². The third kappa shape index (κ3) is 4.73. The lowest BCUT2D eigenvalue weighted by molar-refractivity contribution is 0.0953. The number of amides is 1. The summed E-state index contributed by atoms with van der Waals surface area (Å²) >= 11 is 6.14. The van der Waals surface area contributed by atoms with Crippen LogP contribution in [-0.4, -0.2) is 22.0 Å². The minimum absolute atomic E-state index is 0.0467. The van der Waals surface area contributed by atoms with Crippen molar-refractivity contribution in [2.75, 3.05) is 6.54 Å². The SMILES string of the molecule is Cc1nccn1Cc1ccc(C(=O)NCCCc2ccccc2Cl)cc1. The number of hydrogen-bond donors (Lipinski definition) is 1. The smallest absolute Gasteiger partial charge is 0.251 e. The number of aromatic nitrogens is 2. The number of halogens is 1. The lowest BCUT2D eigenvalue weighted by Gasteiger charge is -2.08. The molecule has 0 radical (unpaired) electrons. The van der Waals surface area contributed by atoms with E-state index < -0.39 is 0 Å². The van der Waals surface area contributed by atoms with E-state index in [1.54, 1.807) is 6.20 Å². The molecule has 1 heterocycles. The first-order chi connectivity index (χ1) is 12.6. The maximum atomic E-state index is 12.3. The summed E-state index contributed by atoms with van der Waals surface area (Å²) in [5, 5.41) is 3.75. The van der Waals surface area contributed by atoms with Gasteiger partial charge in [-0.1, -0.05) is 41.9 Å². The highest BCUT2D eigenvalue weighted by Crippen LogP contribution is 2.16. The Kier molecular flexibility index (Phi) is 6.08. The molecule has 1 N–H and O–H groups in total. The van der Waals surface area contributed by atoms with Gasteiger partial charge in [-0.3, -0.25) is 4.79 Å². The first kappa shape index (κ1) is 18.2. The van der Waals surface area contributed by atoms with Crippen molar-refractivity contribution in [3.05, 3.63) is 88.5 Å². The van der Waals surface area contributed by atoms with Crippen LogP contribution in [0.2, 0.25) is 5.02 Å². The zero-order chi connectivity index (χ0) is 18.4. The molecule has 3 aromatic rings. The molecule has 0 fully saturated rings. The largest absolute Gasteiger partial charge is 0.352 e. The fraction of sp³-hybridized carbons (Fsp3) is 0.238. The molecule has 2 aromatic carbocycles. The average Bonchev–Trinajstić information content (AvgIpc) is 3.05. The fourth-order valence-corrected chi connectivity index (χ4v) is 3.04. The molecule has 0 saturated carbocycles. The molecule has 3 rings (SSSR count). The predicted molar refractivity (Wildman–Crippen MR) is 105 cm³/mol. The summed E-state index contributed by atoms with van der Waals surface area (Å²) in [6.07, 6.45) is 5.45. The van der Waals surface area contributed by atoms with Gasteiger partial charge in [0.25, 0.3) is 5.91 Å². The average molecular weight is 368 g/mol. The lowest BCUT2D eigenvalue weighted by atomic mass is 10.1. The molecular weight excluding hydrogens is 346 g/mol. The van der Waals surface area contributed by atoms with E-state index in [0.29, 0.717) is 12.1 Å². The van der Waals surface area contributed by atoms with Gasteiger partial charge < -0.3 is 9.88 Å². The van der Waals surface area contributed by atoms with E-state index in [0.717, 1.165) is 41.4 Å². The Bertz CT molecular complexity index is 871. The van der Waals surface area contributed by atoms with Crippen LogP contribution in [0.5, 0.6) is 0 Å². The maximum absolute atomic E-state index is 12.3. The molecule has 0 unspecified atom stereocenters. The second-order valence-corrected chi connectivity index (χ2v) is 6.66. The third-order valence-corrected chi connectivity index (χ3v) is 4.73. The summed E-state index contributed by atoms with van der Waals surface area (Å²) in [6.45, 7) is 3.36. The van der Waals surface area contributed by atoms with Crippen molar-refractivity contribution in [3.8, 4) is 0 Å². The normalized spacial score (nSPS) is 10.7. The minimum Gasteiger partial charge on any atom is -0.352 e. The highest BCUT2D eigenvalue weighted by atomic mass is 35.5. The number of carbonyl (C=O) groups excluding carboxylic acids is 1. The molecule has 1 aromatic heterocycles. The van der Waals surface area contributed by atoms with Crippen molar-refractivity contribution in [2.24, 2.45) is 0 Å². The number of hydrogen-bond acceptors (Lipinski definition) is 2. The van der Waals surface area contributed by atoms with Crippen molar-refractivity contribution in [1.29, 1.82) is 0 Å². The highest BCUT2D eigenvalue weighted by Gasteiger charge is 2.06. The molecule has 134 valence electrons. The van der Waals surface area contributed by atoms with E-state index >= 15 is 0 Å². The van der Waals surface area contributed by atoms with Crippen LogP contribution < -0.4 is 5.32 Å². The zero-order valence-electron chi connectivity index (χ0n) is 14.8. The number of benzene rings is 2. The molecular formula is C21H22ClN3O. The lowest BCUT2D eigenvalue weighted by Crippen LogP contribution is -2.24. The van der Waals surface area contributed by atoms with E-state index in [9.17, 15) is 4.79 Å². The van der Waals surface area contributed by atoms with Gasteiger partial charge in [-0.25, -0.2) is 4.98 Å². The molecule has 0 bridgehead atoms. The van der Waals surface area contributed by atoms with Gasteiger partial charge >= 0.3 is 0 Å².